The summed E-state index contributed by atoms with van der Waals surface area (Å²) in [6.07, 6.45) is -3.40. The van der Waals surface area contributed by atoms with Crippen LogP contribution in [0.2, 0.25) is 0 Å². The minimum atomic E-state index is -4.81. The summed E-state index contributed by atoms with van der Waals surface area (Å²) in [5.41, 5.74) is -0.931. The molecule has 2 amide bonds. The molecular weight excluding hydrogens is 608 g/mol. The first-order valence-electron chi connectivity index (χ1n) is 13.8. The van der Waals surface area contributed by atoms with Gasteiger partial charge in [-0.05, 0) is 42.3 Å². The molecule has 4 N–H and O–H groups in total. The molecule has 4 rings (SSSR count). The number of ether oxygens (including phenoxy) is 1. The summed E-state index contributed by atoms with van der Waals surface area (Å²) in [6, 6.07) is 6.52. The summed E-state index contributed by atoms with van der Waals surface area (Å²) in [5.74, 6) is -2.01. The third-order valence-electron chi connectivity index (χ3n) is 6.94. The first-order chi connectivity index (χ1) is 20.7. The second kappa shape index (κ2) is 13.8. The third kappa shape index (κ3) is 8.80. The Morgan fingerprint density at radius 2 is 1.86 bits per heavy atom. The molecule has 10 nitrogen and oxygen atoms in total. The number of rotatable bonds is 10. The van der Waals surface area contributed by atoms with Gasteiger partial charge in [-0.3, -0.25) is 14.5 Å². The largest absolute Gasteiger partial charge is 0.493 e. The molecule has 238 valence electrons. The van der Waals surface area contributed by atoms with Crippen LogP contribution in [-0.4, -0.2) is 80.8 Å². The van der Waals surface area contributed by atoms with Crippen LogP contribution in [0.3, 0.4) is 0 Å². The lowest BCUT2D eigenvalue weighted by Crippen LogP contribution is -2.43. The van der Waals surface area contributed by atoms with E-state index in [-0.39, 0.29) is 34.9 Å². The summed E-state index contributed by atoms with van der Waals surface area (Å²) in [5, 5.41) is 17.3. The number of carbonyl (C=O) groups excluding carboxylic acids is 2. The van der Waals surface area contributed by atoms with Crippen molar-refractivity contribution >= 4 is 32.9 Å². The maximum Gasteiger partial charge on any atom is 0.416 e. The predicted octanol–water partition coefficient (Wildman–Crippen LogP) is 2.67. The highest BCUT2D eigenvalue weighted by molar-refractivity contribution is 7.91. The zero-order chi connectivity index (χ0) is 32.1. The van der Waals surface area contributed by atoms with E-state index in [2.05, 4.69) is 16.0 Å². The van der Waals surface area contributed by atoms with Crippen LogP contribution < -0.4 is 16.0 Å². The zero-order valence-corrected chi connectivity index (χ0v) is 24.5. The van der Waals surface area contributed by atoms with E-state index in [1.54, 1.807) is 13.0 Å². The third-order valence-corrected chi connectivity index (χ3v) is 8.55. The number of carbonyl (C=O) groups is 2. The van der Waals surface area contributed by atoms with Crippen LogP contribution in [0.25, 0.3) is 5.57 Å². The number of dihydropyridines is 1. The fourth-order valence-corrected chi connectivity index (χ4v) is 5.94. The number of allylic oxidation sites excluding steroid dienone is 1. The summed E-state index contributed by atoms with van der Waals surface area (Å²) in [4.78, 5) is 27.3. The number of hydrogen-bond acceptors (Lipinski definition) is 8. The van der Waals surface area contributed by atoms with E-state index in [1.165, 1.54) is 24.4 Å². The molecule has 15 heteroatoms. The molecule has 2 aliphatic heterocycles. The van der Waals surface area contributed by atoms with Crippen molar-refractivity contribution in [3.63, 3.8) is 0 Å². The van der Waals surface area contributed by atoms with E-state index >= 15 is 4.39 Å². The Hall–Kier alpha value is -3.95. The van der Waals surface area contributed by atoms with Gasteiger partial charge in [0.15, 0.2) is 9.84 Å². The van der Waals surface area contributed by atoms with Gasteiger partial charge in [0.25, 0.3) is 5.91 Å². The van der Waals surface area contributed by atoms with Crippen molar-refractivity contribution in [3.05, 3.63) is 82.5 Å². The second-order valence-electron chi connectivity index (χ2n) is 10.2. The highest BCUT2D eigenvalue weighted by atomic mass is 32.2. The van der Waals surface area contributed by atoms with E-state index in [0.717, 1.165) is 6.07 Å². The SMILES string of the molecule is CCOC1=CC(O)NC=C1c1ccc(CC(=O)Nc2cc(C(=O)NCCN3CCS(=O)(=O)CC3)cc(C(F)(F)F)c2)c(F)c1. The van der Waals surface area contributed by atoms with Gasteiger partial charge in [0.05, 0.1) is 30.1 Å². The van der Waals surface area contributed by atoms with Gasteiger partial charge in [0.1, 0.15) is 17.8 Å². The van der Waals surface area contributed by atoms with Crippen LogP contribution in [0.15, 0.2) is 54.4 Å². The Morgan fingerprint density at radius 3 is 2.52 bits per heavy atom. The molecule has 2 aliphatic rings. The lowest BCUT2D eigenvalue weighted by atomic mass is 9.99. The maximum absolute atomic E-state index is 15.0. The Balaban J connectivity index is 1.42. The minimum Gasteiger partial charge on any atom is -0.493 e. The summed E-state index contributed by atoms with van der Waals surface area (Å²) < 4.78 is 84.5. The Morgan fingerprint density at radius 1 is 1.14 bits per heavy atom. The Labute approximate surface area is 251 Å². The molecule has 0 aliphatic carbocycles. The standard InChI is InChI=1S/C29H32F4N4O6S/c1-2-43-25-16-26(38)35-17-23(25)18-3-4-19(24(30)13-18)14-27(39)36-22-12-20(11-21(15-22)29(31,32)33)28(40)34-5-6-37-7-9-44(41,42)10-8-37/h3-4,11-13,15-17,26,35,38H,2,5-10,14H2,1H3,(H,34,40)(H,36,39). The molecule has 2 aromatic carbocycles. The van der Waals surface area contributed by atoms with Crippen LogP contribution in [0.5, 0.6) is 0 Å². The summed E-state index contributed by atoms with van der Waals surface area (Å²) in [7, 11) is -3.08. The van der Waals surface area contributed by atoms with E-state index < -0.39 is 51.9 Å². The van der Waals surface area contributed by atoms with Gasteiger partial charge in [0.2, 0.25) is 5.91 Å². The first kappa shape index (κ1) is 33.0. The smallest absolute Gasteiger partial charge is 0.416 e. The van der Waals surface area contributed by atoms with Crippen LogP contribution in [0.4, 0.5) is 23.2 Å². The van der Waals surface area contributed by atoms with Gasteiger partial charge in [-0.15, -0.1) is 0 Å². The number of hydrogen-bond donors (Lipinski definition) is 4. The average Bonchev–Trinajstić information content (AvgIpc) is 2.94. The fourth-order valence-electron chi connectivity index (χ4n) is 4.66. The van der Waals surface area contributed by atoms with Crippen molar-refractivity contribution in [1.29, 1.82) is 0 Å². The normalized spacial score (nSPS) is 18.5. The molecule has 0 aromatic heterocycles. The number of aliphatic hydroxyl groups excluding tert-OH is 1. The molecule has 1 fully saturated rings. The molecule has 0 saturated carbocycles. The minimum absolute atomic E-state index is 0.00154. The van der Waals surface area contributed by atoms with Crippen molar-refractivity contribution in [3.8, 4) is 0 Å². The van der Waals surface area contributed by atoms with Gasteiger partial charge < -0.3 is 25.8 Å². The highest BCUT2D eigenvalue weighted by Crippen LogP contribution is 2.32. The average molecular weight is 641 g/mol. The summed E-state index contributed by atoms with van der Waals surface area (Å²) >= 11 is 0. The van der Waals surface area contributed by atoms with Gasteiger partial charge >= 0.3 is 6.18 Å². The quantitative estimate of drug-likeness (QED) is 0.291. The van der Waals surface area contributed by atoms with E-state index in [4.69, 9.17) is 4.74 Å². The van der Waals surface area contributed by atoms with E-state index in [0.29, 0.717) is 55.3 Å². The van der Waals surface area contributed by atoms with Crippen molar-refractivity contribution in [2.45, 2.75) is 25.7 Å². The van der Waals surface area contributed by atoms with Crippen LogP contribution in [-0.2, 0) is 32.0 Å². The number of anilines is 1. The molecule has 0 spiro atoms. The number of sulfone groups is 1. The van der Waals surface area contributed by atoms with Gasteiger partial charge in [0, 0.05) is 55.3 Å². The Kier molecular flexibility index (Phi) is 10.3. The molecule has 0 radical (unpaired) electrons. The molecule has 1 saturated heterocycles. The first-order valence-corrected chi connectivity index (χ1v) is 15.6. The van der Waals surface area contributed by atoms with Gasteiger partial charge in [-0.2, -0.15) is 13.2 Å². The fraction of sp³-hybridized carbons (Fsp3) is 0.379. The van der Waals surface area contributed by atoms with Crippen LogP contribution in [0.1, 0.15) is 34.0 Å². The number of alkyl halides is 3. The molecule has 2 aromatic rings. The van der Waals surface area contributed by atoms with E-state index in [1.807, 2.05) is 4.90 Å². The Bertz CT molecular complexity index is 1560. The molecule has 44 heavy (non-hydrogen) atoms. The molecular formula is C29H32F4N4O6S. The molecule has 1 atom stereocenters. The zero-order valence-electron chi connectivity index (χ0n) is 23.7. The highest BCUT2D eigenvalue weighted by Gasteiger charge is 2.32. The van der Waals surface area contributed by atoms with Crippen LogP contribution in [0, 0.1) is 5.82 Å². The topological polar surface area (TPSA) is 137 Å². The van der Waals surface area contributed by atoms with Crippen molar-refractivity contribution < 1.29 is 45.4 Å². The predicted molar refractivity (Wildman–Crippen MR) is 154 cm³/mol. The molecule has 0 bridgehead atoms. The number of benzene rings is 2. The number of nitrogens with zero attached hydrogens (tertiary/aromatic N) is 1. The number of halogens is 4. The number of nitrogens with one attached hydrogen (secondary N) is 3. The number of amides is 2. The van der Waals surface area contributed by atoms with Crippen molar-refractivity contribution in [1.82, 2.24) is 15.5 Å². The van der Waals surface area contributed by atoms with Crippen molar-refractivity contribution in [2.75, 3.05) is 49.6 Å². The number of aliphatic hydroxyl groups is 1. The van der Waals surface area contributed by atoms with Gasteiger partial charge in [-0.1, -0.05) is 12.1 Å². The monoisotopic (exact) mass is 640 g/mol. The summed E-state index contributed by atoms with van der Waals surface area (Å²) in [6.45, 7) is 3.04. The second-order valence-corrected chi connectivity index (χ2v) is 12.5. The molecule has 1 unspecified atom stereocenters. The van der Waals surface area contributed by atoms with E-state index in [9.17, 15) is 36.3 Å². The van der Waals surface area contributed by atoms with Crippen molar-refractivity contribution in [2.24, 2.45) is 0 Å². The van der Waals surface area contributed by atoms with Crippen LogP contribution >= 0.6 is 0 Å². The maximum atomic E-state index is 15.0. The lowest BCUT2D eigenvalue weighted by molar-refractivity contribution is -0.137. The molecule has 2 heterocycles. The van der Waals surface area contributed by atoms with Gasteiger partial charge in [-0.25, -0.2) is 12.8 Å². The lowest BCUT2D eigenvalue weighted by Gasteiger charge is -2.26.